The number of rotatable bonds is 5. The maximum Gasteiger partial charge on any atom is 0.0992 e. The summed E-state index contributed by atoms with van der Waals surface area (Å²) in [6, 6.07) is 35.0. The molecule has 128 valence electrons. The fourth-order valence-corrected chi connectivity index (χ4v) is 6.89. The largest absolute Gasteiger partial charge is 0.361 e. The van der Waals surface area contributed by atoms with E-state index in [0.717, 1.165) is 6.16 Å². The van der Waals surface area contributed by atoms with Gasteiger partial charge in [0, 0.05) is 17.5 Å². The van der Waals surface area contributed by atoms with E-state index in [1.54, 1.807) is 0 Å². The van der Waals surface area contributed by atoms with Crippen LogP contribution in [0.5, 0.6) is 0 Å². The molecule has 0 aliphatic carbocycles. The van der Waals surface area contributed by atoms with E-state index < -0.39 is 7.26 Å². The molecule has 1 heterocycles. The van der Waals surface area contributed by atoms with Crippen molar-refractivity contribution in [3.63, 3.8) is 0 Å². The van der Waals surface area contributed by atoms with Crippen LogP contribution in [0.1, 0.15) is 5.56 Å². The highest BCUT2D eigenvalue weighted by Gasteiger charge is 2.38. The smallest absolute Gasteiger partial charge is 0.0992 e. The van der Waals surface area contributed by atoms with E-state index in [9.17, 15) is 0 Å². The van der Waals surface area contributed by atoms with Crippen LogP contribution in [0.3, 0.4) is 0 Å². The van der Waals surface area contributed by atoms with Gasteiger partial charge < -0.3 is 4.98 Å². The molecule has 0 aliphatic heterocycles. The zero-order valence-electron chi connectivity index (χ0n) is 15.0. The summed E-state index contributed by atoms with van der Waals surface area (Å²) >= 11 is 0. The molecule has 26 heavy (non-hydrogen) atoms. The lowest BCUT2D eigenvalue weighted by Crippen LogP contribution is -2.23. The van der Waals surface area contributed by atoms with Crippen LogP contribution in [0.2, 0.25) is 0 Å². The highest BCUT2D eigenvalue weighted by molar-refractivity contribution is 7.88. The topological polar surface area (TPSA) is 15.8 Å². The molecule has 0 radical (unpaired) electrons. The SMILES string of the molecule is C[P+](Cc1ccccc1-c1ccc[nH]1)(c1ccccc1)c1ccccc1. The van der Waals surface area contributed by atoms with Crippen LogP contribution >= 0.6 is 7.26 Å². The molecule has 0 atom stereocenters. The number of hydrogen-bond acceptors (Lipinski definition) is 0. The van der Waals surface area contributed by atoms with Gasteiger partial charge in [-0.1, -0.05) is 60.7 Å². The van der Waals surface area contributed by atoms with Gasteiger partial charge in [-0.15, -0.1) is 0 Å². The molecule has 0 aliphatic rings. The van der Waals surface area contributed by atoms with Gasteiger partial charge in [-0.25, -0.2) is 0 Å². The second-order valence-corrected chi connectivity index (χ2v) is 10.5. The lowest BCUT2D eigenvalue weighted by atomic mass is 10.1. The third-order valence-corrected chi connectivity index (χ3v) is 8.89. The number of aromatic nitrogens is 1. The minimum atomic E-state index is -1.54. The standard InChI is InChI=1S/C24H23NP/c1-26(21-12-4-2-5-13-21,22-14-6-3-7-15-22)19-20-11-8-9-16-23(20)24-17-10-18-25-24/h2-18,25H,19H2,1H3/q+1. The molecule has 1 N–H and O–H groups in total. The summed E-state index contributed by atoms with van der Waals surface area (Å²) < 4.78 is 0. The van der Waals surface area contributed by atoms with Crippen LogP contribution < -0.4 is 10.6 Å². The Balaban J connectivity index is 1.83. The average molecular weight is 356 g/mol. The van der Waals surface area contributed by atoms with Gasteiger partial charge in [0.1, 0.15) is 0 Å². The number of hydrogen-bond donors (Lipinski definition) is 1. The zero-order valence-corrected chi connectivity index (χ0v) is 15.9. The lowest BCUT2D eigenvalue weighted by molar-refractivity contribution is 1.33. The molecule has 0 unspecified atom stereocenters. The molecule has 4 aromatic rings. The van der Waals surface area contributed by atoms with Gasteiger partial charge in [0.05, 0.1) is 30.7 Å². The summed E-state index contributed by atoms with van der Waals surface area (Å²) in [7, 11) is -1.54. The second-order valence-electron chi connectivity index (χ2n) is 6.76. The number of H-pyrrole nitrogens is 1. The minimum Gasteiger partial charge on any atom is -0.361 e. The molecule has 1 aromatic heterocycles. The Kier molecular flexibility index (Phi) is 4.73. The van der Waals surface area contributed by atoms with E-state index in [1.807, 2.05) is 6.20 Å². The van der Waals surface area contributed by atoms with Gasteiger partial charge in [0.15, 0.2) is 0 Å². The molecule has 0 saturated heterocycles. The van der Waals surface area contributed by atoms with Crippen molar-refractivity contribution >= 4 is 17.9 Å². The average Bonchev–Trinajstić information content (AvgIpc) is 3.24. The van der Waals surface area contributed by atoms with Gasteiger partial charge in [-0.3, -0.25) is 0 Å². The Bertz CT molecular complexity index is 920. The van der Waals surface area contributed by atoms with Crippen molar-refractivity contribution in [1.29, 1.82) is 0 Å². The van der Waals surface area contributed by atoms with Crippen molar-refractivity contribution in [3.8, 4) is 11.3 Å². The highest BCUT2D eigenvalue weighted by atomic mass is 31.2. The lowest BCUT2D eigenvalue weighted by Gasteiger charge is -2.24. The molecule has 0 spiro atoms. The van der Waals surface area contributed by atoms with E-state index >= 15 is 0 Å². The Labute approximate surface area is 156 Å². The zero-order chi connectivity index (χ0) is 17.8. The fraction of sp³-hybridized carbons (Fsp3) is 0.0833. The van der Waals surface area contributed by atoms with E-state index in [2.05, 4.69) is 109 Å². The van der Waals surface area contributed by atoms with E-state index in [1.165, 1.54) is 27.4 Å². The predicted octanol–water partition coefficient (Wildman–Crippen LogP) is 5.48. The van der Waals surface area contributed by atoms with Gasteiger partial charge in [-0.05, 0) is 42.0 Å². The number of nitrogens with one attached hydrogen (secondary N) is 1. The quantitative estimate of drug-likeness (QED) is 0.456. The van der Waals surface area contributed by atoms with Gasteiger partial charge in [0.2, 0.25) is 0 Å². The summed E-state index contributed by atoms with van der Waals surface area (Å²) in [6.07, 6.45) is 3.05. The molecular formula is C24H23NP+. The molecule has 0 amide bonds. The summed E-state index contributed by atoms with van der Waals surface area (Å²) in [5, 5.41) is 2.90. The summed E-state index contributed by atoms with van der Waals surface area (Å²) in [6.45, 7) is 2.46. The van der Waals surface area contributed by atoms with Crippen molar-refractivity contribution < 1.29 is 0 Å². The van der Waals surface area contributed by atoms with Crippen LogP contribution in [0, 0.1) is 0 Å². The molecular weight excluding hydrogens is 333 g/mol. The van der Waals surface area contributed by atoms with Crippen LogP contribution in [-0.2, 0) is 6.16 Å². The van der Waals surface area contributed by atoms with E-state index in [0.29, 0.717) is 0 Å². The molecule has 4 rings (SSSR count). The first-order chi connectivity index (χ1) is 12.8. The van der Waals surface area contributed by atoms with Gasteiger partial charge in [0.25, 0.3) is 0 Å². The predicted molar refractivity (Wildman–Crippen MR) is 115 cm³/mol. The van der Waals surface area contributed by atoms with Crippen molar-refractivity contribution in [2.24, 2.45) is 0 Å². The molecule has 3 aromatic carbocycles. The first-order valence-corrected chi connectivity index (χ1v) is 11.4. The van der Waals surface area contributed by atoms with Crippen molar-refractivity contribution in [3.05, 3.63) is 109 Å². The maximum absolute atomic E-state index is 3.37. The summed E-state index contributed by atoms with van der Waals surface area (Å²) in [4.78, 5) is 3.37. The maximum atomic E-state index is 3.37. The molecule has 1 nitrogen and oxygen atoms in total. The second kappa shape index (κ2) is 7.32. The fourth-order valence-electron chi connectivity index (χ4n) is 3.61. The van der Waals surface area contributed by atoms with Gasteiger partial charge >= 0.3 is 0 Å². The number of aromatic amines is 1. The first-order valence-electron chi connectivity index (χ1n) is 8.96. The van der Waals surface area contributed by atoms with Gasteiger partial charge in [-0.2, -0.15) is 0 Å². The van der Waals surface area contributed by atoms with Crippen LogP contribution in [0.25, 0.3) is 11.3 Å². The Morgan fingerprint density at radius 1 is 0.654 bits per heavy atom. The van der Waals surface area contributed by atoms with E-state index in [-0.39, 0.29) is 0 Å². The van der Waals surface area contributed by atoms with Crippen molar-refractivity contribution in [2.45, 2.75) is 6.16 Å². The van der Waals surface area contributed by atoms with Crippen LogP contribution in [0.15, 0.2) is 103 Å². The molecule has 0 bridgehead atoms. The normalized spacial score (nSPS) is 11.4. The monoisotopic (exact) mass is 356 g/mol. The van der Waals surface area contributed by atoms with Crippen molar-refractivity contribution in [2.75, 3.05) is 6.66 Å². The minimum absolute atomic E-state index is 1.05. The van der Waals surface area contributed by atoms with E-state index in [4.69, 9.17) is 0 Å². The van der Waals surface area contributed by atoms with Crippen LogP contribution in [-0.4, -0.2) is 11.6 Å². The molecule has 2 heteroatoms. The summed E-state index contributed by atoms with van der Waals surface area (Å²) in [5.74, 6) is 0. The van der Waals surface area contributed by atoms with Crippen molar-refractivity contribution in [1.82, 2.24) is 4.98 Å². The Hall–Kier alpha value is -2.63. The van der Waals surface area contributed by atoms with Crippen LogP contribution in [0.4, 0.5) is 0 Å². The molecule has 0 fully saturated rings. The number of benzene rings is 3. The summed E-state index contributed by atoms with van der Waals surface area (Å²) in [5.41, 5.74) is 3.89. The Morgan fingerprint density at radius 3 is 1.81 bits per heavy atom. The first kappa shape index (κ1) is 16.8. The highest BCUT2D eigenvalue weighted by Crippen LogP contribution is 2.56. The third kappa shape index (κ3) is 3.23. The third-order valence-electron chi connectivity index (χ3n) is 5.04. The Morgan fingerprint density at radius 2 is 1.23 bits per heavy atom. The molecule has 0 saturated carbocycles.